The van der Waals surface area contributed by atoms with Crippen LogP contribution in [0.4, 0.5) is 0 Å². The van der Waals surface area contributed by atoms with E-state index in [0.29, 0.717) is 13.2 Å². The summed E-state index contributed by atoms with van der Waals surface area (Å²) in [5.41, 5.74) is 0. The SMILES string of the molecule is CCCCOC(C#CCl)OCCCC. The molecule has 0 aliphatic carbocycles. The van der Waals surface area contributed by atoms with Crippen LogP contribution in [0.25, 0.3) is 0 Å². The van der Waals surface area contributed by atoms with Crippen molar-refractivity contribution in [1.82, 2.24) is 0 Å². The summed E-state index contributed by atoms with van der Waals surface area (Å²) in [6, 6.07) is 0. The first kappa shape index (κ1) is 13.8. The van der Waals surface area contributed by atoms with Gasteiger partial charge in [0.2, 0.25) is 6.29 Å². The fourth-order valence-corrected chi connectivity index (χ4v) is 0.934. The maximum atomic E-state index is 5.39. The van der Waals surface area contributed by atoms with E-state index in [-0.39, 0.29) is 0 Å². The maximum Gasteiger partial charge on any atom is 0.223 e. The van der Waals surface area contributed by atoms with E-state index < -0.39 is 6.29 Å². The summed E-state index contributed by atoms with van der Waals surface area (Å²) in [7, 11) is 0. The van der Waals surface area contributed by atoms with E-state index in [9.17, 15) is 0 Å². The quantitative estimate of drug-likeness (QED) is 0.354. The molecule has 0 saturated carbocycles. The zero-order valence-corrected chi connectivity index (χ0v) is 9.77. The van der Waals surface area contributed by atoms with Crippen LogP contribution in [0.5, 0.6) is 0 Å². The molecular weight excluding hydrogens is 200 g/mol. The van der Waals surface area contributed by atoms with Crippen molar-refractivity contribution in [2.24, 2.45) is 0 Å². The summed E-state index contributed by atoms with van der Waals surface area (Å²) in [6.07, 6.45) is 3.81. The Morgan fingerprint density at radius 2 is 1.57 bits per heavy atom. The van der Waals surface area contributed by atoms with Crippen molar-refractivity contribution in [3.8, 4) is 11.3 Å². The molecule has 82 valence electrons. The van der Waals surface area contributed by atoms with Crippen LogP contribution in [0, 0.1) is 11.3 Å². The Labute approximate surface area is 91.9 Å². The molecule has 0 heterocycles. The molecule has 0 fully saturated rings. The molecule has 0 radical (unpaired) electrons. The lowest BCUT2D eigenvalue weighted by atomic mass is 10.3. The highest BCUT2D eigenvalue weighted by Crippen LogP contribution is 1.99. The second-order valence-corrected chi connectivity index (χ2v) is 3.21. The third-order valence-corrected chi connectivity index (χ3v) is 1.82. The van der Waals surface area contributed by atoms with E-state index in [1.165, 1.54) is 0 Å². The Bertz CT molecular complexity index is 162. The normalized spacial score (nSPS) is 10.0. The first-order valence-corrected chi connectivity index (χ1v) is 5.57. The van der Waals surface area contributed by atoms with Gasteiger partial charge < -0.3 is 9.47 Å². The molecule has 0 aromatic carbocycles. The monoisotopic (exact) mass is 218 g/mol. The molecular formula is C11H19ClO2. The van der Waals surface area contributed by atoms with Gasteiger partial charge in [0.15, 0.2) is 0 Å². The molecule has 0 saturated heterocycles. The fraction of sp³-hybridized carbons (Fsp3) is 0.818. The zero-order valence-electron chi connectivity index (χ0n) is 9.01. The predicted octanol–water partition coefficient (Wildman–Crippen LogP) is 3.15. The van der Waals surface area contributed by atoms with Crippen LogP contribution in [0.15, 0.2) is 0 Å². The Kier molecular flexibility index (Phi) is 10.7. The number of hydrogen-bond donors (Lipinski definition) is 0. The highest BCUT2D eigenvalue weighted by molar-refractivity contribution is 6.30. The average Bonchev–Trinajstić information content (AvgIpc) is 2.18. The first-order chi connectivity index (χ1) is 6.85. The van der Waals surface area contributed by atoms with E-state index in [4.69, 9.17) is 21.1 Å². The van der Waals surface area contributed by atoms with Crippen LogP contribution < -0.4 is 0 Å². The second kappa shape index (κ2) is 10.8. The summed E-state index contributed by atoms with van der Waals surface area (Å²) in [5.74, 6) is 2.67. The minimum atomic E-state index is -0.453. The van der Waals surface area contributed by atoms with Crippen molar-refractivity contribution in [2.75, 3.05) is 13.2 Å². The average molecular weight is 219 g/mol. The minimum Gasteiger partial charge on any atom is -0.342 e. The predicted molar refractivity (Wildman–Crippen MR) is 59.1 cm³/mol. The van der Waals surface area contributed by atoms with Crippen LogP contribution in [0.2, 0.25) is 0 Å². The highest BCUT2D eigenvalue weighted by atomic mass is 35.5. The van der Waals surface area contributed by atoms with E-state index in [2.05, 4.69) is 25.1 Å². The minimum absolute atomic E-state index is 0.453. The summed E-state index contributed by atoms with van der Waals surface area (Å²) in [5, 5.41) is 2.29. The highest BCUT2D eigenvalue weighted by Gasteiger charge is 2.03. The van der Waals surface area contributed by atoms with E-state index >= 15 is 0 Å². The van der Waals surface area contributed by atoms with Crippen LogP contribution in [-0.4, -0.2) is 19.5 Å². The Morgan fingerprint density at radius 1 is 1.07 bits per heavy atom. The van der Waals surface area contributed by atoms with E-state index in [1.807, 2.05) is 0 Å². The van der Waals surface area contributed by atoms with Crippen LogP contribution in [-0.2, 0) is 9.47 Å². The molecule has 0 aromatic heterocycles. The number of halogens is 1. The molecule has 0 aliphatic heterocycles. The van der Waals surface area contributed by atoms with Crippen molar-refractivity contribution in [3.05, 3.63) is 0 Å². The van der Waals surface area contributed by atoms with Crippen molar-refractivity contribution in [2.45, 2.75) is 45.8 Å². The number of unbranched alkanes of at least 4 members (excludes halogenated alkanes) is 2. The van der Waals surface area contributed by atoms with Gasteiger partial charge in [-0.25, -0.2) is 0 Å². The van der Waals surface area contributed by atoms with Gasteiger partial charge in [0.05, 0.1) is 13.2 Å². The Morgan fingerprint density at radius 3 is 1.93 bits per heavy atom. The molecule has 2 nitrogen and oxygen atoms in total. The van der Waals surface area contributed by atoms with Crippen LogP contribution in [0.1, 0.15) is 39.5 Å². The Balaban J connectivity index is 3.59. The van der Waals surface area contributed by atoms with Gasteiger partial charge in [-0.2, -0.15) is 0 Å². The largest absolute Gasteiger partial charge is 0.342 e. The molecule has 0 spiro atoms. The van der Waals surface area contributed by atoms with Gasteiger partial charge in [0.1, 0.15) is 0 Å². The third-order valence-electron chi connectivity index (χ3n) is 1.71. The fourth-order valence-electron chi connectivity index (χ4n) is 0.845. The number of rotatable bonds is 8. The van der Waals surface area contributed by atoms with Gasteiger partial charge in [-0.3, -0.25) is 0 Å². The summed E-state index contributed by atoms with van der Waals surface area (Å²) in [6.45, 7) is 5.59. The molecule has 0 bridgehead atoms. The van der Waals surface area contributed by atoms with Crippen molar-refractivity contribution in [3.63, 3.8) is 0 Å². The van der Waals surface area contributed by atoms with Gasteiger partial charge in [-0.1, -0.05) is 26.7 Å². The molecule has 0 aromatic rings. The van der Waals surface area contributed by atoms with Crippen LogP contribution >= 0.6 is 11.6 Å². The van der Waals surface area contributed by atoms with E-state index in [1.54, 1.807) is 0 Å². The van der Waals surface area contributed by atoms with Gasteiger partial charge in [0, 0.05) is 5.38 Å². The molecule has 0 atom stereocenters. The maximum absolute atomic E-state index is 5.39. The Hall–Kier alpha value is -0.230. The zero-order chi connectivity index (χ0) is 10.6. The lowest BCUT2D eigenvalue weighted by Crippen LogP contribution is -2.16. The summed E-state index contributed by atoms with van der Waals surface area (Å²) >= 11 is 5.30. The molecule has 0 rings (SSSR count). The van der Waals surface area contributed by atoms with Crippen molar-refractivity contribution >= 4 is 11.6 Å². The molecule has 0 amide bonds. The topological polar surface area (TPSA) is 18.5 Å². The summed E-state index contributed by atoms with van der Waals surface area (Å²) in [4.78, 5) is 0. The lowest BCUT2D eigenvalue weighted by Gasteiger charge is -2.12. The molecule has 14 heavy (non-hydrogen) atoms. The molecule has 3 heteroatoms. The van der Waals surface area contributed by atoms with Crippen molar-refractivity contribution < 1.29 is 9.47 Å². The van der Waals surface area contributed by atoms with Gasteiger partial charge in [0.25, 0.3) is 0 Å². The van der Waals surface area contributed by atoms with Gasteiger partial charge in [-0.15, -0.1) is 0 Å². The summed E-state index contributed by atoms with van der Waals surface area (Å²) < 4.78 is 10.8. The molecule has 0 unspecified atom stereocenters. The van der Waals surface area contributed by atoms with Crippen molar-refractivity contribution in [1.29, 1.82) is 0 Å². The number of ether oxygens (including phenoxy) is 2. The third kappa shape index (κ3) is 8.37. The smallest absolute Gasteiger partial charge is 0.223 e. The second-order valence-electron chi connectivity index (χ2n) is 3.02. The standard InChI is InChI=1S/C11H19ClO2/c1-3-5-9-13-11(7-8-12)14-10-6-4-2/h11H,3-6,9-10H2,1-2H3. The van der Waals surface area contributed by atoms with Gasteiger partial charge >= 0.3 is 0 Å². The van der Waals surface area contributed by atoms with Crippen LogP contribution in [0.3, 0.4) is 0 Å². The number of hydrogen-bond acceptors (Lipinski definition) is 2. The van der Waals surface area contributed by atoms with Gasteiger partial charge in [-0.05, 0) is 30.4 Å². The molecule has 0 aliphatic rings. The lowest BCUT2D eigenvalue weighted by molar-refractivity contribution is -0.106. The van der Waals surface area contributed by atoms with E-state index in [0.717, 1.165) is 25.7 Å². The first-order valence-electron chi connectivity index (χ1n) is 5.19. The molecule has 0 N–H and O–H groups in total.